The highest BCUT2D eigenvalue weighted by Gasteiger charge is 2.34. The van der Waals surface area contributed by atoms with E-state index < -0.39 is 0 Å². The molecule has 1 aliphatic heterocycles. The first kappa shape index (κ1) is 25.5. The number of halogens is 1. The van der Waals surface area contributed by atoms with Gasteiger partial charge >= 0.3 is 0 Å². The normalized spacial score (nSPS) is 15.8. The summed E-state index contributed by atoms with van der Waals surface area (Å²) >= 11 is 0. The zero-order chi connectivity index (χ0) is 21.4. The van der Waals surface area contributed by atoms with Crippen molar-refractivity contribution in [3.8, 4) is 5.75 Å². The number of rotatable bonds is 8. The van der Waals surface area contributed by atoms with Crippen molar-refractivity contribution in [2.24, 2.45) is 12.0 Å². The molecule has 0 aliphatic carbocycles. The van der Waals surface area contributed by atoms with Gasteiger partial charge < -0.3 is 24.3 Å². The number of hydrogen-bond donors (Lipinski definition) is 1. The van der Waals surface area contributed by atoms with E-state index in [1.807, 2.05) is 6.92 Å². The lowest BCUT2D eigenvalue weighted by atomic mass is 9.74. The molecule has 0 spiro atoms. The number of ether oxygens (including phenoxy) is 2. The van der Waals surface area contributed by atoms with Gasteiger partial charge in [0.1, 0.15) is 5.75 Å². The summed E-state index contributed by atoms with van der Waals surface area (Å²) in [4.78, 5) is 7.29. The summed E-state index contributed by atoms with van der Waals surface area (Å²) in [6.07, 6.45) is 4.03. The van der Waals surface area contributed by atoms with Crippen molar-refractivity contribution in [3.63, 3.8) is 0 Å². The zero-order valence-electron chi connectivity index (χ0n) is 19.3. The van der Waals surface area contributed by atoms with Gasteiger partial charge in [-0.3, -0.25) is 4.99 Å². The molecule has 1 aromatic heterocycles. The molecule has 2 aromatic rings. The van der Waals surface area contributed by atoms with E-state index >= 15 is 0 Å². The molecule has 1 fully saturated rings. The van der Waals surface area contributed by atoms with Crippen LogP contribution in [0.3, 0.4) is 0 Å². The predicted octanol–water partition coefficient (Wildman–Crippen LogP) is 4.19. The van der Waals surface area contributed by atoms with Crippen molar-refractivity contribution in [3.05, 3.63) is 53.9 Å². The van der Waals surface area contributed by atoms with Gasteiger partial charge in [-0.1, -0.05) is 12.1 Å². The number of benzene rings is 1. The van der Waals surface area contributed by atoms with Gasteiger partial charge in [-0.2, -0.15) is 0 Å². The van der Waals surface area contributed by atoms with E-state index in [9.17, 15) is 0 Å². The van der Waals surface area contributed by atoms with Crippen LogP contribution < -0.4 is 10.1 Å². The van der Waals surface area contributed by atoms with Crippen LogP contribution in [0.1, 0.15) is 37.9 Å². The first-order chi connectivity index (χ1) is 14.6. The number of aromatic nitrogens is 1. The molecular formula is C24H37IN4O2. The molecule has 0 radical (unpaired) electrons. The Balaban J connectivity index is 0.00000341. The molecular weight excluding hydrogens is 503 g/mol. The maximum absolute atomic E-state index is 5.69. The largest absolute Gasteiger partial charge is 0.494 e. The predicted molar refractivity (Wildman–Crippen MR) is 138 cm³/mol. The van der Waals surface area contributed by atoms with Crippen molar-refractivity contribution in [1.82, 2.24) is 14.8 Å². The van der Waals surface area contributed by atoms with Crippen LogP contribution in [0.15, 0.2) is 47.6 Å². The second kappa shape index (κ2) is 12.3. The number of nitrogens with zero attached hydrogens (tertiary/aromatic N) is 3. The number of aryl methyl sites for hydroxylation is 1. The van der Waals surface area contributed by atoms with Gasteiger partial charge in [0.05, 0.1) is 19.7 Å². The van der Waals surface area contributed by atoms with Gasteiger partial charge in [0.2, 0.25) is 0 Å². The van der Waals surface area contributed by atoms with E-state index in [1.165, 1.54) is 11.3 Å². The van der Waals surface area contributed by atoms with E-state index in [0.717, 1.165) is 57.4 Å². The van der Waals surface area contributed by atoms with E-state index in [1.54, 1.807) is 0 Å². The summed E-state index contributed by atoms with van der Waals surface area (Å²) in [5.41, 5.74) is 2.57. The Morgan fingerprint density at radius 3 is 2.48 bits per heavy atom. The van der Waals surface area contributed by atoms with Crippen LogP contribution in [0.2, 0.25) is 0 Å². The Bertz CT molecular complexity index is 813. The van der Waals surface area contributed by atoms with Gasteiger partial charge in [-0.25, -0.2) is 0 Å². The summed E-state index contributed by atoms with van der Waals surface area (Å²) in [5, 5.41) is 3.46. The Morgan fingerprint density at radius 2 is 1.90 bits per heavy atom. The topological polar surface area (TPSA) is 51.0 Å². The third kappa shape index (κ3) is 6.62. The summed E-state index contributed by atoms with van der Waals surface area (Å²) < 4.78 is 13.5. The van der Waals surface area contributed by atoms with Crippen molar-refractivity contribution in [2.45, 2.75) is 38.6 Å². The molecule has 0 unspecified atom stereocenters. The van der Waals surface area contributed by atoms with Gasteiger partial charge in [0, 0.05) is 51.2 Å². The minimum absolute atomic E-state index is 0. The van der Waals surface area contributed by atoms with E-state index in [2.05, 4.69) is 78.4 Å². The molecule has 0 bridgehead atoms. The van der Waals surface area contributed by atoms with Gasteiger partial charge in [0.15, 0.2) is 5.96 Å². The quantitative estimate of drug-likeness (QED) is 0.310. The monoisotopic (exact) mass is 540 g/mol. The summed E-state index contributed by atoms with van der Waals surface area (Å²) in [6.45, 7) is 8.76. The zero-order valence-corrected chi connectivity index (χ0v) is 21.6. The molecule has 7 heteroatoms. The average Bonchev–Trinajstić information content (AvgIpc) is 3.17. The molecule has 3 rings (SSSR count). The molecule has 31 heavy (non-hydrogen) atoms. The highest BCUT2D eigenvalue weighted by Crippen LogP contribution is 2.36. The van der Waals surface area contributed by atoms with Crippen LogP contribution >= 0.6 is 24.0 Å². The van der Waals surface area contributed by atoms with Crippen LogP contribution in [0, 0.1) is 0 Å². The maximum Gasteiger partial charge on any atom is 0.194 e. The SMILES string of the molecule is CCNC(=NCC1(c2ccc(OCC)cc2)CCOCC1)N(C)Cc1cccn1C.I. The Morgan fingerprint density at radius 1 is 1.19 bits per heavy atom. The summed E-state index contributed by atoms with van der Waals surface area (Å²) in [7, 11) is 4.18. The first-order valence-corrected chi connectivity index (χ1v) is 11.0. The molecule has 0 saturated carbocycles. The minimum atomic E-state index is -0.00448. The second-order valence-electron chi connectivity index (χ2n) is 7.99. The Kier molecular flexibility index (Phi) is 10.2. The summed E-state index contributed by atoms with van der Waals surface area (Å²) in [6, 6.07) is 12.8. The van der Waals surface area contributed by atoms with Crippen molar-refractivity contribution >= 4 is 29.9 Å². The molecule has 1 saturated heterocycles. The molecule has 6 nitrogen and oxygen atoms in total. The fraction of sp³-hybridized carbons (Fsp3) is 0.542. The molecule has 1 N–H and O–H groups in total. The van der Waals surface area contributed by atoms with Crippen molar-refractivity contribution in [1.29, 1.82) is 0 Å². The maximum atomic E-state index is 5.69. The van der Waals surface area contributed by atoms with E-state index in [4.69, 9.17) is 14.5 Å². The number of guanidine groups is 1. The Hall–Kier alpha value is -1.74. The minimum Gasteiger partial charge on any atom is -0.494 e. The van der Waals surface area contributed by atoms with Crippen molar-refractivity contribution in [2.75, 3.05) is 40.0 Å². The molecule has 2 heterocycles. The fourth-order valence-corrected chi connectivity index (χ4v) is 4.05. The van der Waals surface area contributed by atoms with Crippen LogP contribution in [0.5, 0.6) is 5.75 Å². The third-order valence-corrected chi connectivity index (χ3v) is 5.91. The number of hydrogen-bond acceptors (Lipinski definition) is 3. The van der Waals surface area contributed by atoms with Crippen LogP contribution in [-0.2, 0) is 23.7 Å². The smallest absolute Gasteiger partial charge is 0.194 e. The lowest BCUT2D eigenvalue weighted by Gasteiger charge is -2.37. The van der Waals surface area contributed by atoms with E-state index in [0.29, 0.717) is 6.61 Å². The number of nitrogens with one attached hydrogen (secondary N) is 1. The highest BCUT2D eigenvalue weighted by atomic mass is 127. The molecule has 1 aliphatic rings. The highest BCUT2D eigenvalue weighted by molar-refractivity contribution is 14.0. The second-order valence-corrected chi connectivity index (χ2v) is 7.99. The van der Waals surface area contributed by atoms with Crippen LogP contribution in [0.4, 0.5) is 0 Å². The van der Waals surface area contributed by atoms with Crippen molar-refractivity contribution < 1.29 is 9.47 Å². The van der Waals surface area contributed by atoms with E-state index in [-0.39, 0.29) is 29.4 Å². The average molecular weight is 540 g/mol. The standard InChI is InChI=1S/C24H36N4O2.HI/c1-5-25-23(28(4)18-21-8-7-15-27(21)3)26-19-24(13-16-29-17-14-24)20-9-11-22(12-10-20)30-6-2;/h7-12,15H,5-6,13-14,16-19H2,1-4H3,(H,25,26);1H. The number of aliphatic imine (C=N–C) groups is 1. The van der Waals surface area contributed by atoms with Crippen LogP contribution in [-0.4, -0.2) is 55.4 Å². The van der Waals surface area contributed by atoms with Gasteiger partial charge in [0.25, 0.3) is 0 Å². The lowest BCUT2D eigenvalue weighted by molar-refractivity contribution is 0.0530. The molecule has 172 valence electrons. The molecule has 1 aromatic carbocycles. The molecule has 0 atom stereocenters. The van der Waals surface area contributed by atoms with Gasteiger partial charge in [-0.15, -0.1) is 24.0 Å². The lowest BCUT2D eigenvalue weighted by Crippen LogP contribution is -2.42. The Labute approximate surface area is 204 Å². The third-order valence-electron chi connectivity index (χ3n) is 5.91. The summed E-state index contributed by atoms with van der Waals surface area (Å²) in [5.74, 6) is 1.86. The van der Waals surface area contributed by atoms with Crippen LogP contribution in [0.25, 0.3) is 0 Å². The van der Waals surface area contributed by atoms with Gasteiger partial charge in [-0.05, 0) is 56.5 Å². The molecule has 0 amide bonds. The fourth-order valence-electron chi connectivity index (χ4n) is 4.05. The first-order valence-electron chi connectivity index (χ1n) is 11.0.